The van der Waals surface area contributed by atoms with E-state index in [1.807, 2.05) is 0 Å². The van der Waals surface area contributed by atoms with Gasteiger partial charge in [0.1, 0.15) is 5.75 Å². The number of rotatable bonds is 2. The standard InChI is InChI=1S/C8H7FO3/c1-12-6-2-5(4-10)8(11)7(9)3-6/h2-4,11H,1H3. The Hall–Kier alpha value is -1.58. The summed E-state index contributed by atoms with van der Waals surface area (Å²) in [4.78, 5) is 10.3. The lowest BCUT2D eigenvalue weighted by Crippen LogP contribution is -1.89. The van der Waals surface area contributed by atoms with Crippen molar-refractivity contribution in [3.05, 3.63) is 23.5 Å². The van der Waals surface area contributed by atoms with Gasteiger partial charge < -0.3 is 9.84 Å². The Morgan fingerprint density at radius 2 is 2.25 bits per heavy atom. The Bertz CT molecular complexity index is 309. The largest absolute Gasteiger partial charge is 0.504 e. The number of aromatic hydroxyl groups is 1. The molecule has 64 valence electrons. The van der Waals surface area contributed by atoms with Gasteiger partial charge >= 0.3 is 0 Å². The molecule has 0 radical (unpaired) electrons. The molecule has 0 aliphatic carbocycles. The molecule has 1 aromatic rings. The molecule has 0 bridgehead atoms. The summed E-state index contributed by atoms with van der Waals surface area (Å²) < 4.78 is 17.4. The number of hydrogen-bond donors (Lipinski definition) is 1. The van der Waals surface area contributed by atoms with Gasteiger partial charge in [0.15, 0.2) is 17.9 Å². The molecular formula is C8H7FO3. The van der Waals surface area contributed by atoms with Crippen molar-refractivity contribution >= 4 is 6.29 Å². The summed E-state index contributed by atoms with van der Waals surface area (Å²) in [6.07, 6.45) is 0.362. The Kier molecular flexibility index (Phi) is 2.28. The Labute approximate surface area is 68.4 Å². The third kappa shape index (κ3) is 1.37. The summed E-state index contributed by atoms with van der Waals surface area (Å²) in [5.41, 5.74) is -0.119. The van der Waals surface area contributed by atoms with Crippen LogP contribution < -0.4 is 4.74 Å². The van der Waals surface area contributed by atoms with E-state index in [-0.39, 0.29) is 11.3 Å². The van der Waals surface area contributed by atoms with Gasteiger partial charge in [0.25, 0.3) is 0 Å². The fourth-order valence-corrected chi connectivity index (χ4v) is 0.802. The van der Waals surface area contributed by atoms with Crippen molar-refractivity contribution in [2.24, 2.45) is 0 Å². The second kappa shape index (κ2) is 3.21. The minimum absolute atomic E-state index is 0.119. The van der Waals surface area contributed by atoms with Crippen LogP contribution in [0, 0.1) is 5.82 Å². The molecular weight excluding hydrogens is 163 g/mol. The lowest BCUT2D eigenvalue weighted by Gasteiger charge is -2.02. The highest BCUT2D eigenvalue weighted by Gasteiger charge is 2.08. The van der Waals surface area contributed by atoms with Crippen LogP contribution in [0.5, 0.6) is 11.5 Å². The predicted octanol–water partition coefficient (Wildman–Crippen LogP) is 1.35. The van der Waals surface area contributed by atoms with Crippen molar-refractivity contribution in [3.8, 4) is 11.5 Å². The molecule has 12 heavy (non-hydrogen) atoms. The fraction of sp³-hybridized carbons (Fsp3) is 0.125. The average Bonchev–Trinajstić information content (AvgIpc) is 2.09. The second-order valence-corrected chi connectivity index (χ2v) is 2.16. The SMILES string of the molecule is COc1cc(F)c(O)c(C=O)c1. The number of ether oxygens (including phenoxy) is 1. The van der Waals surface area contributed by atoms with Gasteiger partial charge in [-0.15, -0.1) is 0 Å². The number of phenols is 1. The number of phenolic OH excluding ortho intramolecular Hbond substituents is 1. The minimum atomic E-state index is -0.864. The number of halogens is 1. The molecule has 0 spiro atoms. The number of carbonyl (C=O) groups is 1. The highest BCUT2D eigenvalue weighted by molar-refractivity contribution is 5.80. The Balaban J connectivity index is 3.28. The first-order chi connectivity index (χ1) is 5.69. The topological polar surface area (TPSA) is 46.5 Å². The van der Waals surface area contributed by atoms with Crippen LogP contribution in [0.1, 0.15) is 10.4 Å². The van der Waals surface area contributed by atoms with Gasteiger partial charge in [0.2, 0.25) is 0 Å². The third-order valence-corrected chi connectivity index (χ3v) is 1.43. The molecule has 0 aliphatic heterocycles. The average molecular weight is 170 g/mol. The first-order valence-corrected chi connectivity index (χ1v) is 3.20. The van der Waals surface area contributed by atoms with E-state index in [0.29, 0.717) is 6.29 Å². The van der Waals surface area contributed by atoms with Crippen molar-refractivity contribution in [2.75, 3.05) is 7.11 Å². The van der Waals surface area contributed by atoms with Crippen molar-refractivity contribution < 1.29 is 19.0 Å². The van der Waals surface area contributed by atoms with E-state index in [0.717, 1.165) is 6.07 Å². The molecule has 1 N–H and O–H groups in total. The minimum Gasteiger partial charge on any atom is -0.504 e. The molecule has 0 unspecified atom stereocenters. The van der Waals surface area contributed by atoms with Crippen LogP contribution in [0.4, 0.5) is 4.39 Å². The summed E-state index contributed by atoms with van der Waals surface area (Å²) in [5.74, 6) is -1.31. The second-order valence-electron chi connectivity index (χ2n) is 2.16. The predicted molar refractivity (Wildman–Crippen MR) is 40.0 cm³/mol. The summed E-state index contributed by atoms with van der Waals surface area (Å²) in [6, 6.07) is 2.26. The van der Waals surface area contributed by atoms with Gasteiger partial charge in [-0.2, -0.15) is 0 Å². The van der Waals surface area contributed by atoms with E-state index in [2.05, 4.69) is 4.74 Å². The van der Waals surface area contributed by atoms with Crippen molar-refractivity contribution in [3.63, 3.8) is 0 Å². The van der Waals surface area contributed by atoms with Crippen LogP contribution in [-0.4, -0.2) is 18.5 Å². The van der Waals surface area contributed by atoms with E-state index >= 15 is 0 Å². The van der Waals surface area contributed by atoms with E-state index in [4.69, 9.17) is 5.11 Å². The van der Waals surface area contributed by atoms with E-state index in [1.165, 1.54) is 13.2 Å². The number of hydrogen-bond acceptors (Lipinski definition) is 3. The fourth-order valence-electron chi connectivity index (χ4n) is 0.802. The molecule has 0 heterocycles. The third-order valence-electron chi connectivity index (χ3n) is 1.43. The van der Waals surface area contributed by atoms with Crippen molar-refractivity contribution in [1.29, 1.82) is 0 Å². The van der Waals surface area contributed by atoms with Gasteiger partial charge in [-0.1, -0.05) is 0 Å². The molecule has 0 saturated heterocycles. The Morgan fingerprint density at radius 3 is 2.75 bits per heavy atom. The molecule has 0 aromatic heterocycles. The van der Waals surface area contributed by atoms with Crippen LogP contribution in [0.2, 0.25) is 0 Å². The van der Waals surface area contributed by atoms with E-state index < -0.39 is 11.6 Å². The van der Waals surface area contributed by atoms with Gasteiger partial charge in [-0.05, 0) is 6.07 Å². The molecule has 0 saturated carbocycles. The summed E-state index contributed by atoms with van der Waals surface area (Å²) in [6.45, 7) is 0. The first-order valence-electron chi connectivity index (χ1n) is 3.20. The molecule has 0 aliphatic rings. The summed E-state index contributed by atoms with van der Waals surface area (Å²) in [7, 11) is 1.35. The zero-order valence-electron chi connectivity index (χ0n) is 6.37. The zero-order valence-corrected chi connectivity index (χ0v) is 6.37. The first kappa shape index (κ1) is 8.52. The number of carbonyl (C=O) groups excluding carboxylic acids is 1. The summed E-state index contributed by atoms with van der Waals surface area (Å²) in [5, 5.41) is 8.96. The highest BCUT2D eigenvalue weighted by Crippen LogP contribution is 2.25. The van der Waals surface area contributed by atoms with Crippen LogP contribution in [-0.2, 0) is 0 Å². The van der Waals surface area contributed by atoms with Crippen molar-refractivity contribution in [2.45, 2.75) is 0 Å². The van der Waals surface area contributed by atoms with Crippen molar-refractivity contribution in [1.82, 2.24) is 0 Å². The summed E-state index contributed by atoms with van der Waals surface area (Å²) >= 11 is 0. The molecule has 3 nitrogen and oxygen atoms in total. The van der Waals surface area contributed by atoms with Crippen LogP contribution in [0.3, 0.4) is 0 Å². The zero-order chi connectivity index (χ0) is 9.14. The van der Waals surface area contributed by atoms with Gasteiger partial charge in [-0.3, -0.25) is 4.79 Å². The number of methoxy groups -OCH3 is 1. The van der Waals surface area contributed by atoms with Gasteiger partial charge in [0.05, 0.1) is 12.7 Å². The molecule has 4 heteroatoms. The van der Waals surface area contributed by atoms with Crippen LogP contribution in [0.15, 0.2) is 12.1 Å². The number of aldehydes is 1. The normalized spacial score (nSPS) is 9.50. The lowest BCUT2D eigenvalue weighted by molar-refractivity contribution is 0.112. The van der Waals surface area contributed by atoms with Gasteiger partial charge in [0, 0.05) is 6.07 Å². The van der Waals surface area contributed by atoms with E-state index in [1.54, 1.807) is 0 Å². The molecule has 1 aromatic carbocycles. The smallest absolute Gasteiger partial charge is 0.169 e. The maximum absolute atomic E-state index is 12.7. The molecule has 0 fully saturated rings. The molecule has 0 atom stereocenters. The monoisotopic (exact) mass is 170 g/mol. The van der Waals surface area contributed by atoms with Crippen LogP contribution in [0.25, 0.3) is 0 Å². The molecule has 1 rings (SSSR count). The number of benzene rings is 1. The maximum Gasteiger partial charge on any atom is 0.169 e. The lowest BCUT2D eigenvalue weighted by atomic mass is 10.2. The quantitative estimate of drug-likeness (QED) is 0.681. The van der Waals surface area contributed by atoms with Gasteiger partial charge in [-0.25, -0.2) is 4.39 Å². The van der Waals surface area contributed by atoms with E-state index in [9.17, 15) is 9.18 Å². The molecule has 0 amide bonds. The Morgan fingerprint density at radius 1 is 1.58 bits per heavy atom. The van der Waals surface area contributed by atoms with Crippen LogP contribution >= 0.6 is 0 Å². The highest BCUT2D eigenvalue weighted by atomic mass is 19.1. The maximum atomic E-state index is 12.7.